The van der Waals surface area contributed by atoms with Gasteiger partial charge in [-0.3, -0.25) is 0 Å². The number of para-hydroxylation sites is 4. The molecule has 0 amide bonds. The van der Waals surface area contributed by atoms with Crippen LogP contribution in [0.5, 0.6) is 0 Å². The van der Waals surface area contributed by atoms with Gasteiger partial charge in [-0.05, 0) is 128 Å². The van der Waals surface area contributed by atoms with Crippen LogP contribution in [-0.2, 0) is 10.8 Å². The van der Waals surface area contributed by atoms with Crippen molar-refractivity contribution in [1.82, 2.24) is 0 Å². The Morgan fingerprint density at radius 1 is 0.441 bits per heavy atom. The highest BCUT2D eigenvalue weighted by atomic mass is 15.2. The minimum atomic E-state index is -0.105. The van der Waals surface area contributed by atoms with Crippen LogP contribution >= 0.6 is 0 Å². The van der Waals surface area contributed by atoms with Crippen molar-refractivity contribution in [2.45, 2.75) is 45.4 Å². The van der Waals surface area contributed by atoms with E-state index in [4.69, 9.17) is 0 Å². The minimum absolute atomic E-state index is 0.0291. The highest BCUT2D eigenvalue weighted by Gasteiger charge is 2.45. The fourth-order valence-electron chi connectivity index (χ4n) is 10.1. The highest BCUT2D eigenvalue weighted by Crippen LogP contribution is 2.52. The van der Waals surface area contributed by atoms with Gasteiger partial charge in [0.05, 0.1) is 0 Å². The van der Waals surface area contributed by atoms with Gasteiger partial charge in [0.25, 0.3) is 6.71 Å². The largest absolute Gasteiger partial charge is 0.311 e. The first-order valence-electron chi connectivity index (χ1n) is 20.9. The molecule has 0 fully saturated rings. The maximum atomic E-state index is 2.56. The van der Waals surface area contributed by atoms with Crippen LogP contribution in [0.15, 0.2) is 188 Å². The molecule has 3 aliphatic rings. The molecule has 0 unspecified atom stereocenters. The van der Waals surface area contributed by atoms with Crippen molar-refractivity contribution in [2.75, 3.05) is 14.7 Å². The smallest absolute Gasteiger partial charge is 0.252 e. The van der Waals surface area contributed by atoms with Crippen molar-refractivity contribution in [3.63, 3.8) is 0 Å². The van der Waals surface area contributed by atoms with E-state index in [1.165, 1.54) is 72.6 Å². The lowest BCUT2D eigenvalue weighted by Crippen LogP contribution is -2.61. The van der Waals surface area contributed by atoms with Gasteiger partial charge in [-0.1, -0.05) is 144 Å². The maximum absolute atomic E-state index is 2.56. The molecule has 8 aromatic carbocycles. The Labute approximate surface area is 348 Å². The normalized spacial score (nSPS) is 14.2. The molecule has 0 aromatic heterocycles. The zero-order valence-electron chi connectivity index (χ0n) is 34.3. The molecule has 59 heavy (non-hydrogen) atoms. The number of nitrogens with zero attached hydrogens (tertiary/aromatic N) is 3. The van der Waals surface area contributed by atoms with E-state index in [2.05, 4.69) is 237 Å². The minimum Gasteiger partial charge on any atom is -0.311 e. The van der Waals surface area contributed by atoms with Crippen molar-refractivity contribution < 1.29 is 0 Å². The standard InChI is InChI=1S/C55H46BN3/c1-54(2,3)37-33-51-53-52(34-37)59(41-29-31-46-44(35-41)43-25-15-16-26-45(43)55(46,4)5)49-28-18-17-27-47(49)56(53)48-32-30-42(36-50(48)58(51)40-23-13-8-14-24-40)57(38-19-9-6-10-20-38)39-21-11-7-12-22-39/h6-36H,1-5H3. The highest BCUT2D eigenvalue weighted by molar-refractivity contribution is 7.00. The molecule has 1 aliphatic carbocycles. The fourth-order valence-corrected chi connectivity index (χ4v) is 10.1. The summed E-state index contributed by atoms with van der Waals surface area (Å²) in [6.07, 6.45) is 0. The van der Waals surface area contributed by atoms with Gasteiger partial charge >= 0.3 is 0 Å². The van der Waals surface area contributed by atoms with Crippen molar-refractivity contribution in [3.8, 4) is 11.1 Å². The van der Waals surface area contributed by atoms with Crippen LogP contribution in [0.3, 0.4) is 0 Å². The quantitative estimate of drug-likeness (QED) is 0.162. The first-order valence-corrected chi connectivity index (χ1v) is 20.9. The predicted molar refractivity (Wildman–Crippen MR) is 251 cm³/mol. The molecule has 0 radical (unpaired) electrons. The van der Waals surface area contributed by atoms with Crippen molar-refractivity contribution in [3.05, 3.63) is 205 Å². The van der Waals surface area contributed by atoms with Gasteiger partial charge in [0.1, 0.15) is 0 Å². The second kappa shape index (κ2) is 13.1. The van der Waals surface area contributed by atoms with Crippen LogP contribution in [0.1, 0.15) is 51.3 Å². The van der Waals surface area contributed by atoms with Gasteiger partial charge in [-0.2, -0.15) is 0 Å². The summed E-state index contributed by atoms with van der Waals surface area (Å²) in [4.78, 5) is 7.47. The number of fused-ring (bicyclic) bond motifs is 7. The van der Waals surface area contributed by atoms with Gasteiger partial charge in [-0.15, -0.1) is 0 Å². The van der Waals surface area contributed by atoms with E-state index in [9.17, 15) is 0 Å². The van der Waals surface area contributed by atoms with Crippen LogP contribution in [0, 0.1) is 0 Å². The molecule has 0 bridgehead atoms. The SMILES string of the molecule is CC(C)(C)c1cc2c3c(c1)N(c1ccccc1)c1cc(N(c4ccccc4)c4ccccc4)ccc1B3c1ccccc1N2c1ccc2c(c1)-c1ccccc1C2(C)C. The summed E-state index contributed by atoms with van der Waals surface area (Å²) in [6.45, 7) is 11.8. The summed E-state index contributed by atoms with van der Waals surface area (Å²) in [5.41, 5.74) is 21.1. The summed E-state index contributed by atoms with van der Waals surface area (Å²) in [5, 5.41) is 0. The van der Waals surface area contributed by atoms with Gasteiger partial charge in [-0.25, -0.2) is 0 Å². The predicted octanol–water partition coefficient (Wildman–Crippen LogP) is 12.8. The van der Waals surface area contributed by atoms with Gasteiger partial charge in [0, 0.05) is 56.6 Å². The van der Waals surface area contributed by atoms with Crippen molar-refractivity contribution in [1.29, 1.82) is 0 Å². The van der Waals surface area contributed by atoms with Gasteiger partial charge < -0.3 is 14.7 Å². The monoisotopic (exact) mass is 759 g/mol. The molecule has 284 valence electrons. The summed E-state index contributed by atoms with van der Waals surface area (Å²) < 4.78 is 0. The third-order valence-corrected chi connectivity index (χ3v) is 13.0. The molecule has 8 aromatic rings. The van der Waals surface area contributed by atoms with Crippen LogP contribution in [-0.4, -0.2) is 6.71 Å². The lowest BCUT2D eigenvalue weighted by atomic mass is 9.33. The summed E-state index contributed by atoms with van der Waals surface area (Å²) in [5.74, 6) is 0. The zero-order chi connectivity index (χ0) is 40.0. The number of hydrogen-bond acceptors (Lipinski definition) is 3. The number of benzene rings is 8. The van der Waals surface area contributed by atoms with E-state index in [1.807, 2.05) is 0 Å². The van der Waals surface area contributed by atoms with Crippen LogP contribution < -0.4 is 31.1 Å². The van der Waals surface area contributed by atoms with E-state index in [1.54, 1.807) is 0 Å². The Morgan fingerprint density at radius 3 is 1.68 bits per heavy atom. The number of hydrogen-bond donors (Lipinski definition) is 0. The summed E-state index contributed by atoms with van der Waals surface area (Å²) >= 11 is 0. The molecule has 2 aliphatic heterocycles. The van der Waals surface area contributed by atoms with Crippen LogP contribution in [0.4, 0.5) is 51.2 Å². The van der Waals surface area contributed by atoms with E-state index < -0.39 is 0 Å². The van der Waals surface area contributed by atoms with Gasteiger partial charge in [0.15, 0.2) is 0 Å². The molecule has 3 nitrogen and oxygen atoms in total. The molecule has 11 rings (SSSR count). The Kier molecular flexibility index (Phi) is 7.87. The molecule has 0 saturated carbocycles. The Morgan fingerprint density at radius 2 is 1.00 bits per heavy atom. The average Bonchev–Trinajstić information content (AvgIpc) is 3.49. The molecule has 4 heteroatoms. The zero-order valence-corrected chi connectivity index (χ0v) is 34.3. The molecule has 0 saturated heterocycles. The molecule has 0 spiro atoms. The second-order valence-electron chi connectivity index (χ2n) is 17.8. The lowest BCUT2D eigenvalue weighted by Gasteiger charge is -2.45. The fraction of sp³-hybridized carbons (Fsp3) is 0.127. The molecular formula is C55H46BN3. The second-order valence-corrected chi connectivity index (χ2v) is 17.8. The van der Waals surface area contributed by atoms with Crippen LogP contribution in [0.2, 0.25) is 0 Å². The Balaban J connectivity index is 1.19. The molecular weight excluding hydrogens is 713 g/mol. The van der Waals surface area contributed by atoms with E-state index >= 15 is 0 Å². The third-order valence-electron chi connectivity index (χ3n) is 13.0. The third kappa shape index (κ3) is 5.43. The summed E-state index contributed by atoms with van der Waals surface area (Å²) in [6, 6.07) is 69.8. The molecule has 2 heterocycles. The molecule has 0 atom stereocenters. The first kappa shape index (κ1) is 35.4. The van der Waals surface area contributed by atoms with E-state index in [-0.39, 0.29) is 17.5 Å². The van der Waals surface area contributed by atoms with Crippen molar-refractivity contribution >= 4 is 74.3 Å². The topological polar surface area (TPSA) is 9.72 Å². The van der Waals surface area contributed by atoms with Gasteiger partial charge in [0.2, 0.25) is 0 Å². The first-order chi connectivity index (χ1) is 28.7. The van der Waals surface area contributed by atoms with E-state index in [0.717, 1.165) is 22.7 Å². The van der Waals surface area contributed by atoms with E-state index in [0.29, 0.717) is 0 Å². The van der Waals surface area contributed by atoms with Crippen LogP contribution in [0.25, 0.3) is 11.1 Å². The molecule has 0 N–H and O–H groups in total. The lowest BCUT2D eigenvalue weighted by molar-refractivity contribution is 0.590. The summed E-state index contributed by atoms with van der Waals surface area (Å²) in [7, 11) is 0. The van der Waals surface area contributed by atoms with Crippen molar-refractivity contribution in [2.24, 2.45) is 0 Å². The number of rotatable bonds is 5. The maximum Gasteiger partial charge on any atom is 0.252 e. The Bertz CT molecular complexity index is 2870. The Hall–Kier alpha value is -6.78. The number of anilines is 9. The average molecular weight is 760 g/mol.